The molecular formula is C48H72O13. The number of hydrogen-bond acceptors (Lipinski definition) is 13. The number of carbonyl (C=O) groups excluding carboxylic acids is 1. The zero-order valence-corrected chi connectivity index (χ0v) is 36.8. The Hall–Kier alpha value is -1.49. The second-order valence-electron chi connectivity index (χ2n) is 21.1. The van der Waals surface area contributed by atoms with Gasteiger partial charge < -0.3 is 57.6 Å². The largest absolute Gasteiger partial charge is 0.459 e. The van der Waals surface area contributed by atoms with E-state index in [0.29, 0.717) is 50.9 Å². The second-order valence-corrected chi connectivity index (χ2v) is 21.1. The van der Waals surface area contributed by atoms with Gasteiger partial charge in [0.05, 0.1) is 103 Å². The molecule has 10 aliphatic heterocycles. The van der Waals surface area contributed by atoms with Crippen LogP contribution >= 0.6 is 0 Å². The van der Waals surface area contributed by atoms with Gasteiger partial charge in [0.15, 0.2) is 0 Å². The van der Waals surface area contributed by atoms with E-state index in [9.17, 15) is 15.0 Å². The van der Waals surface area contributed by atoms with E-state index in [1.807, 2.05) is 0 Å². The van der Waals surface area contributed by atoms with Crippen molar-refractivity contribution in [3.8, 4) is 0 Å². The Kier molecular flexibility index (Phi) is 12.6. The van der Waals surface area contributed by atoms with Crippen LogP contribution < -0.4 is 0 Å². The van der Waals surface area contributed by atoms with Gasteiger partial charge in [-0.05, 0) is 96.3 Å². The number of aliphatic hydroxyl groups excluding tert-OH is 2. The van der Waals surface area contributed by atoms with Gasteiger partial charge in [-0.25, -0.2) is 0 Å². The van der Waals surface area contributed by atoms with Crippen molar-refractivity contribution >= 4 is 5.97 Å². The number of carbonyl (C=O) groups is 1. The molecule has 8 saturated heterocycles. The van der Waals surface area contributed by atoms with E-state index < -0.39 is 23.4 Å². The van der Waals surface area contributed by atoms with Crippen LogP contribution in [0.15, 0.2) is 24.3 Å². The molecule has 0 aliphatic carbocycles. The smallest absolute Gasteiger partial charge is 0.308 e. The lowest BCUT2D eigenvalue weighted by molar-refractivity contribution is -0.316. The molecule has 0 aromatic rings. The summed E-state index contributed by atoms with van der Waals surface area (Å²) in [6, 6.07) is 0. The van der Waals surface area contributed by atoms with Crippen molar-refractivity contribution < 1.29 is 62.4 Å². The first-order valence-corrected chi connectivity index (χ1v) is 24.2. The third-order valence-electron chi connectivity index (χ3n) is 16.2. The van der Waals surface area contributed by atoms with Gasteiger partial charge in [-0.15, -0.1) is 0 Å². The molecule has 342 valence electrons. The highest BCUT2D eigenvalue weighted by Crippen LogP contribution is 2.48. The number of aliphatic hydroxyl groups is 2. The number of ether oxygens (including phenoxy) is 10. The molecular weight excluding hydrogens is 785 g/mol. The van der Waals surface area contributed by atoms with Crippen LogP contribution in [0.3, 0.4) is 0 Å². The maximum Gasteiger partial charge on any atom is 0.308 e. The maximum atomic E-state index is 12.3. The van der Waals surface area contributed by atoms with Crippen molar-refractivity contribution in [3.63, 3.8) is 0 Å². The van der Waals surface area contributed by atoms with E-state index in [1.165, 1.54) is 0 Å². The van der Waals surface area contributed by atoms with Crippen LogP contribution in [0.1, 0.15) is 130 Å². The zero-order chi connectivity index (χ0) is 42.0. The van der Waals surface area contributed by atoms with Gasteiger partial charge in [-0.3, -0.25) is 4.79 Å². The fourth-order valence-electron chi connectivity index (χ4n) is 13.2. The lowest BCUT2D eigenvalue weighted by Crippen LogP contribution is -2.65. The maximum absolute atomic E-state index is 12.3. The van der Waals surface area contributed by atoms with Gasteiger partial charge in [0.2, 0.25) is 0 Å². The van der Waals surface area contributed by atoms with Crippen molar-refractivity contribution in [3.05, 3.63) is 24.3 Å². The summed E-state index contributed by atoms with van der Waals surface area (Å²) in [5.74, 6) is 0.353. The molecule has 10 heterocycles. The van der Waals surface area contributed by atoms with Crippen LogP contribution in [0.25, 0.3) is 0 Å². The van der Waals surface area contributed by atoms with Crippen LogP contribution in [-0.4, -0.2) is 144 Å². The molecule has 8 fully saturated rings. The molecule has 0 amide bonds. The van der Waals surface area contributed by atoms with Crippen LogP contribution in [0.4, 0.5) is 0 Å². The monoisotopic (exact) mass is 856 g/mol. The Morgan fingerprint density at radius 1 is 0.639 bits per heavy atom. The standard InChI is InChI=1S/C48H72O13/c1-26-18-35-38(23-44(51)57-35)56-43-22-37-39(61-47(43,3)24-26)19-27(2)45-34(54-37)12-6-5-11-30-31(58-45)13-7-15-33-32(53-30)14-8-16-42-48(4,60-33)25-41-36(55-42)21-40-46(59-41)29(50)20-28(52-40)10-9-17-49/h5-7,15,26-43,45-46,49-50H,8-14,16-25H2,1-4H3/b6-5-,15-7-/t26-,27+,28-,29+,30-,31+,32+,33-,34+,35+,36+,37-,38-,39+,40-,41-,42-,43+,45-,46+,47-,48+/m1/s1. The second kappa shape index (κ2) is 17.7. The van der Waals surface area contributed by atoms with E-state index in [0.717, 1.165) is 57.8 Å². The van der Waals surface area contributed by atoms with Crippen LogP contribution in [0, 0.1) is 11.8 Å². The molecule has 13 heteroatoms. The molecule has 22 atom stereocenters. The minimum atomic E-state index is -0.610. The SMILES string of the molecule is C[C@@H]1C[C@@H]2OC(=O)C[C@H]2O[C@H]2C[C@H]3O[C@H]4C/C=C\C[C@H]5O[C@H]6CCC[C@H]7O[C@H]8C[C@H]9O[C@H](CCCO)C[C@H](O)[C@@H]9O[C@@H]8C[C@]7(C)O[C@@H]6/C=C\C[C@@H]5O[C@@H]4[C@@H](C)C[C@@H]3O[C@]2(C)C1. The number of rotatable bonds is 3. The summed E-state index contributed by atoms with van der Waals surface area (Å²) >= 11 is 0. The summed E-state index contributed by atoms with van der Waals surface area (Å²) in [7, 11) is 0. The summed E-state index contributed by atoms with van der Waals surface area (Å²) in [6.45, 7) is 9.03. The number of fused-ring (bicyclic) bond motifs is 9. The van der Waals surface area contributed by atoms with Gasteiger partial charge in [0, 0.05) is 32.3 Å². The Balaban J connectivity index is 0.819. The van der Waals surface area contributed by atoms with Crippen molar-refractivity contribution in [2.75, 3.05) is 6.61 Å². The first-order valence-electron chi connectivity index (χ1n) is 24.2. The highest BCUT2D eigenvalue weighted by atomic mass is 16.6. The molecule has 2 N–H and O–H groups in total. The minimum Gasteiger partial charge on any atom is -0.459 e. The quantitative estimate of drug-likeness (QED) is 0.269. The van der Waals surface area contributed by atoms with Crippen LogP contribution in [-0.2, 0) is 52.2 Å². The van der Waals surface area contributed by atoms with E-state index in [1.54, 1.807) is 0 Å². The van der Waals surface area contributed by atoms with Gasteiger partial charge in [-0.2, -0.15) is 0 Å². The fourth-order valence-corrected chi connectivity index (χ4v) is 13.2. The molecule has 0 unspecified atom stereocenters. The molecule has 10 rings (SSSR count). The van der Waals surface area contributed by atoms with Crippen molar-refractivity contribution in [1.29, 1.82) is 0 Å². The Morgan fingerprint density at radius 3 is 2.23 bits per heavy atom. The number of hydrogen-bond donors (Lipinski definition) is 2. The lowest BCUT2D eigenvalue weighted by Gasteiger charge is -2.55. The topological polar surface area (TPSA) is 150 Å². The first kappa shape index (κ1) is 43.4. The van der Waals surface area contributed by atoms with E-state index in [2.05, 4.69) is 52.0 Å². The summed E-state index contributed by atoms with van der Waals surface area (Å²) in [6.07, 6.45) is 17.0. The molecule has 0 spiro atoms. The summed E-state index contributed by atoms with van der Waals surface area (Å²) in [4.78, 5) is 12.3. The van der Waals surface area contributed by atoms with Gasteiger partial charge >= 0.3 is 5.97 Å². The highest BCUT2D eigenvalue weighted by molar-refractivity contribution is 5.72. The highest BCUT2D eigenvalue weighted by Gasteiger charge is 2.57. The molecule has 0 radical (unpaired) electrons. The Morgan fingerprint density at radius 2 is 1.38 bits per heavy atom. The normalized spacial score (nSPS) is 54.6. The van der Waals surface area contributed by atoms with Crippen molar-refractivity contribution in [2.24, 2.45) is 11.8 Å². The Bertz CT molecular complexity index is 1610. The van der Waals surface area contributed by atoms with Crippen LogP contribution in [0.5, 0.6) is 0 Å². The average molecular weight is 857 g/mol. The molecule has 0 bridgehead atoms. The van der Waals surface area contributed by atoms with Crippen LogP contribution in [0.2, 0.25) is 0 Å². The van der Waals surface area contributed by atoms with E-state index in [-0.39, 0.29) is 116 Å². The summed E-state index contributed by atoms with van der Waals surface area (Å²) < 4.78 is 68.2. The van der Waals surface area contributed by atoms with E-state index in [4.69, 9.17) is 47.4 Å². The predicted octanol–water partition coefficient (Wildman–Crippen LogP) is 5.58. The molecule has 13 nitrogen and oxygen atoms in total. The van der Waals surface area contributed by atoms with Gasteiger partial charge in [0.25, 0.3) is 0 Å². The summed E-state index contributed by atoms with van der Waals surface area (Å²) in [5.41, 5.74) is -1.07. The van der Waals surface area contributed by atoms with Gasteiger partial charge in [0.1, 0.15) is 24.4 Å². The predicted molar refractivity (Wildman–Crippen MR) is 221 cm³/mol. The first-order chi connectivity index (χ1) is 29.4. The number of esters is 1. The molecule has 0 saturated carbocycles. The van der Waals surface area contributed by atoms with E-state index >= 15 is 0 Å². The molecule has 61 heavy (non-hydrogen) atoms. The fraction of sp³-hybridized carbons (Fsp3) is 0.896. The van der Waals surface area contributed by atoms with Crippen molar-refractivity contribution in [1.82, 2.24) is 0 Å². The molecule has 10 aliphatic rings. The minimum absolute atomic E-state index is 0.0776. The van der Waals surface area contributed by atoms with Gasteiger partial charge in [-0.1, -0.05) is 38.2 Å². The van der Waals surface area contributed by atoms with Crippen molar-refractivity contribution in [2.45, 2.75) is 252 Å². The summed E-state index contributed by atoms with van der Waals surface area (Å²) in [5, 5.41) is 20.5. The lowest BCUT2D eigenvalue weighted by atomic mass is 9.78. The Labute approximate surface area is 361 Å². The average Bonchev–Trinajstić information content (AvgIpc) is 3.51. The zero-order valence-electron chi connectivity index (χ0n) is 36.8. The third-order valence-corrected chi connectivity index (χ3v) is 16.2. The molecule has 0 aromatic heterocycles. The molecule has 0 aromatic carbocycles. The third kappa shape index (κ3) is 8.82.